The molecular weight excluding hydrogens is 364 g/mol. The fraction of sp³-hybridized carbons (Fsp3) is 0.227. The molecule has 0 saturated carbocycles. The number of amides is 1. The molecule has 0 atom stereocenters. The molecule has 5 N–H and O–H groups in total. The number of para-hydroxylation sites is 1. The van der Waals surface area contributed by atoms with Crippen LogP contribution in [0.25, 0.3) is 21.8 Å². The molecule has 0 bridgehead atoms. The van der Waals surface area contributed by atoms with Gasteiger partial charge in [-0.15, -0.1) is 0 Å². The lowest BCUT2D eigenvalue weighted by molar-refractivity contribution is -0.120. The van der Waals surface area contributed by atoms with Gasteiger partial charge in [-0.05, 0) is 43.2 Å². The van der Waals surface area contributed by atoms with E-state index in [-0.39, 0.29) is 11.9 Å². The maximum atomic E-state index is 12.6. The topological polar surface area (TPSA) is 112 Å². The Morgan fingerprint density at radius 2 is 1.90 bits per heavy atom. The molecule has 0 saturated heterocycles. The molecule has 0 spiro atoms. The van der Waals surface area contributed by atoms with Crippen molar-refractivity contribution in [2.24, 2.45) is 0 Å². The highest BCUT2D eigenvalue weighted by Gasteiger charge is 2.13. The Kier molecular flexibility index (Phi) is 4.80. The van der Waals surface area contributed by atoms with Crippen molar-refractivity contribution in [3.05, 3.63) is 59.8 Å². The Labute approximate surface area is 168 Å². The van der Waals surface area contributed by atoms with Crippen molar-refractivity contribution in [2.45, 2.75) is 32.9 Å². The molecule has 2 aromatic carbocycles. The third-order valence-electron chi connectivity index (χ3n) is 5.03. The molecule has 4 rings (SSSR count). The molecule has 0 aliphatic heterocycles. The minimum absolute atomic E-state index is 0.0292. The molecule has 1 amide bonds. The summed E-state index contributed by atoms with van der Waals surface area (Å²) in [5, 5.41) is 4.85. The fourth-order valence-electron chi connectivity index (χ4n) is 3.61. The summed E-state index contributed by atoms with van der Waals surface area (Å²) in [6.45, 7) is 4.68. The highest BCUT2D eigenvalue weighted by molar-refractivity contribution is 5.90. The summed E-state index contributed by atoms with van der Waals surface area (Å²) < 4.78 is 2.20. The van der Waals surface area contributed by atoms with Crippen LogP contribution in [0, 0.1) is 0 Å². The molecule has 0 aliphatic carbocycles. The maximum absolute atomic E-state index is 12.6. The average molecular weight is 388 g/mol. The van der Waals surface area contributed by atoms with Crippen molar-refractivity contribution < 1.29 is 4.79 Å². The summed E-state index contributed by atoms with van der Waals surface area (Å²) in [4.78, 5) is 20.8. The quantitative estimate of drug-likeness (QED) is 0.486. The lowest BCUT2D eigenvalue weighted by atomic mass is 10.1. The Bertz CT molecular complexity index is 1210. The van der Waals surface area contributed by atoms with Crippen molar-refractivity contribution in [1.29, 1.82) is 0 Å². The Balaban J connectivity index is 1.50. The standard InChI is InChI=1S/C22H24N6O/c1-13(2)28-12-15(16-5-3-4-6-19(16)28)10-20(29)25-11-14-7-8-17-18(9-14)26-22(24)27-21(17)23/h3-9,12-13H,10-11H2,1-2H3,(H,25,29)(H4,23,24,26,27). The number of rotatable bonds is 5. The summed E-state index contributed by atoms with van der Waals surface area (Å²) in [5.74, 6) is 0.459. The fourth-order valence-corrected chi connectivity index (χ4v) is 3.61. The number of hydrogen-bond acceptors (Lipinski definition) is 5. The van der Waals surface area contributed by atoms with Crippen molar-refractivity contribution in [3.8, 4) is 0 Å². The van der Waals surface area contributed by atoms with Crippen LogP contribution in [0.5, 0.6) is 0 Å². The number of nitrogens with two attached hydrogens (primary N) is 2. The van der Waals surface area contributed by atoms with E-state index in [0.717, 1.165) is 27.4 Å². The van der Waals surface area contributed by atoms with Crippen LogP contribution in [-0.4, -0.2) is 20.4 Å². The van der Waals surface area contributed by atoms with Crippen LogP contribution in [-0.2, 0) is 17.8 Å². The van der Waals surface area contributed by atoms with Crippen LogP contribution in [0.3, 0.4) is 0 Å². The predicted octanol–water partition coefficient (Wildman–Crippen LogP) is 3.19. The number of nitrogens with one attached hydrogen (secondary N) is 1. The van der Waals surface area contributed by atoms with Gasteiger partial charge in [0.2, 0.25) is 11.9 Å². The largest absolute Gasteiger partial charge is 0.383 e. The highest BCUT2D eigenvalue weighted by atomic mass is 16.1. The van der Waals surface area contributed by atoms with Crippen LogP contribution in [0.1, 0.15) is 31.0 Å². The summed E-state index contributed by atoms with van der Waals surface area (Å²) in [6, 6.07) is 14.1. The Hall–Kier alpha value is -3.61. The number of nitrogen functional groups attached to an aromatic ring is 2. The van der Waals surface area contributed by atoms with Crippen molar-refractivity contribution in [2.75, 3.05) is 11.5 Å². The van der Waals surface area contributed by atoms with Crippen molar-refractivity contribution in [3.63, 3.8) is 0 Å². The third kappa shape index (κ3) is 3.71. The molecular formula is C22H24N6O. The lowest BCUT2D eigenvalue weighted by Crippen LogP contribution is -2.24. The summed E-state index contributed by atoms with van der Waals surface area (Å²) >= 11 is 0. The van der Waals surface area contributed by atoms with Gasteiger partial charge in [-0.3, -0.25) is 4.79 Å². The van der Waals surface area contributed by atoms with Gasteiger partial charge < -0.3 is 21.4 Å². The lowest BCUT2D eigenvalue weighted by Gasteiger charge is -2.08. The van der Waals surface area contributed by atoms with Crippen LogP contribution < -0.4 is 16.8 Å². The first-order valence-corrected chi connectivity index (χ1v) is 9.59. The second kappa shape index (κ2) is 7.43. The van der Waals surface area contributed by atoms with Crippen LogP contribution in [0.4, 0.5) is 11.8 Å². The van der Waals surface area contributed by atoms with Gasteiger partial charge in [-0.25, -0.2) is 4.98 Å². The highest BCUT2D eigenvalue weighted by Crippen LogP contribution is 2.25. The first-order valence-electron chi connectivity index (χ1n) is 9.59. The normalized spacial score (nSPS) is 11.4. The summed E-state index contributed by atoms with van der Waals surface area (Å²) in [6.07, 6.45) is 2.41. The molecule has 2 heterocycles. The van der Waals surface area contributed by atoms with Gasteiger partial charge in [0.1, 0.15) is 5.82 Å². The van der Waals surface area contributed by atoms with Crippen LogP contribution >= 0.6 is 0 Å². The number of benzene rings is 2. The Morgan fingerprint density at radius 1 is 1.10 bits per heavy atom. The molecule has 4 aromatic rings. The molecule has 2 aromatic heterocycles. The number of carbonyl (C=O) groups excluding carboxylic acids is 1. The number of aromatic nitrogens is 3. The molecule has 7 nitrogen and oxygen atoms in total. The molecule has 0 radical (unpaired) electrons. The summed E-state index contributed by atoms with van der Waals surface area (Å²) in [5.41, 5.74) is 15.3. The minimum atomic E-state index is -0.0292. The number of fused-ring (bicyclic) bond motifs is 2. The molecule has 0 fully saturated rings. The van der Waals surface area contributed by atoms with Gasteiger partial charge in [0, 0.05) is 35.1 Å². The molecule has 29 heavy (non-hydrogen) atoms. The van der Waals surface area contributed by atoms with E-state index in [4.69, 9.17) is 11.5 Å². The van der Waals surface area contributed by atoms with E-state index >= 15 is 0 Å². The van der Waals surface area contributed by atoms with E-state index in [1.165, 1.54) is 0 Å². The zero-order valence-corrected chi connectivity index (χ0v) is 16.5. The van der Waals surface area contributed by atoms with Gasteiger partial charge in [0.15, 0.2) is 0 Å². The van der Waals surface area contributed by atoms with E-state index in [9.17, 15) is 4.79 Å². The van der Waals surface area contributed by atoms with E-state index in [1.807, 2.05) is 30.3 Å². The molecule has 7 heteroatoms. The van der Waals surface area contributed by atoms with Gasteiger partial charge in [-0.1, -0.05) is 24.3 Å². The van der Waals surface area contributed by atoms with E-state index < -0.39 is 0 Å². The first-order chi connectivity index (χ1) is 13.9. The van der Waals surface area contributed by atoms with Crippen molar-refractivity contribution >= 4 is 39.5 Å². The molecule has 148 valence electrons. The third-order valence-corrected chi connectivity index (χ3v) is 5.03. The number of carbonyl (C=O) groups is 1. The van der Waals surface area contributed by atoms with Gasteiger partial charge in [0.05, 0.1) is 11.9 Å². The smallest absolute Gasteiger partial charge is 0.224 e. The van der Waals surface area contributed by atoms with Gasteiger partial charge in [0.25, 0.3) is 0 Å². The van der Waals surface area contributed by atoms with E-state index in [2.05, 4.69) is 52.0 Å². The van der Waals surface area contributed by atoms with Gasteiger partial charge >= 0.3 is 0 Å². The predicted molar refractivity (Wildman–Crippen MR) is 116 cm³/mol. The summed E-state index contributed by atoms with van der Waals surface area (Å²) in [7, 11) is 0. The minimum Gasteiger partial charge on any atom is -0.383 e. The number of nitrogens with zero attached hydrogens (tertiary/aromatic N) is 3. The number of anilines is 2. The average Bonchev–Trinajstić information content (AvgIpc) is 3.05. The Morgan fingerprint density at radius 3 is 2.69 bits per heavy atom. The maximum Gasteiger partial charge on any atom is 0.224 e. The first kappa shape index (κ1) is 18.7. The SMILES string of the molecule is CC(C)n1cc(CC(=O)NCc2ccc3c(N)nc(N)nc3c2)c2ccccc21. The molecule has 0 aliphatic rings. The van der Waals surface area contributed by atoms with Crippen LogP contribution in [0.15, 0.2) is 48.7 Å². The molecule has 0 unspecified atom stereocenters. The van der Waals surface area contributed by atoms with E-state index in [1.54, 1.807) is 0 Å². The van der Waals surface area contributed by atoms with Crippen LogP contribution in [0.2, 0.25) is 0 Å². The second-order valence-corrected chi connectivity index (χ2v) is 7.44. The zero-order valence-electron chi connectivity index (χ0n) is 16.5. The second-order valence-electron chi connectivity index (χ2n) is 7.44. The van der Waals surface area contributed by atoms with Crippen molar-refractivity contribution in [1.82, 2.24) is 19.9 Å². The van der Waals surface area contributed by atoms with E-state index in [0.29, 0.717) is 30.3 Å². The van der Waals surface area contributed by atoms with Gasteiger partial charge in [-0.2, -0.15) is 4.98 Å². The number of hydrogen-bond donors (Lipinski definition) is 3. The monoisotopic (exact) mass is 388 g/mol. The zero-order chi connectivity index (χ0) is 20.5.